The summed E-state index contributed by atoms with van der Waals surface area (Å²) >= 11 is 0. The lowest BCUT2D eigenvalue weighted by Gasteiger charge is -2.15. The van der Waals surface area contributed by atoms with Crippen LogP contribution in [0.15, 0.2) is 60.8 Å². The molecule has 1 heterocycles. The first kappa shape index (κ1) is 18.4. The minimum Gasteiger partial charge on any atom is -0.479 e. The van der Waals surface area contributed by atoms with Crippen molar-refractivity contribution in [1.82, 2.24) is 10.3 Å². The Labute approximate surface area is 147 Å². The molecule has 1 unspecified atom stereocenters. The van der Waals surface area contributed by atoms with Crippen molar-refractivity contribution in [1.29, 1.82) is 0 Å². The van der Waals surface area contributed by atoms with Crippen LogP contribution in [-0.2, 0) is 4.79 Å². The first-order valence-electron chi connectivity index (χ1n) is 8.01. The van der Waals surface area contributed by atoms with E-state index in [1.54, 1.807) is 18.2 Å². The van der Waals surface area contributed by atoms with Gasteiger partial charge in [-0.2, -0.15) is 0 Å². The average Bonchev–Trinajstić information content (AvgIpc) is 2.58. The number of carboxylic acids is 1. The van der Waals surface area contributed by atoms with Gasteiger partial charge < -0.3 is 10.4 Å². The third-order valence-corrected chi connectivity index (χ3v) is 3.43. The van der Waals surface area contributed by atoms with Crippen molar-refractivity contribution in [3.8, 4) is 11.3 Å². The van der Waals surface area contributed by atoms with E-state index in [-0.39, 0.29) is 5.41 Å². The number of carbonyl (C=O) groups excluding carboxylic acids is 1. The molecular weight excluding hydrogens is 316 g/mol. The molecule has 25 heavy (non-hydrogen) atoms. The highest BCUT2D eigenvalue weighted by Gasteiger charge is 2.19. The Hall–Kier alpha value is -2.95. The molecule has 5 nitrogen and oxygen atoms in total. The number of hydrogen-bond acceptors (Lipinski definition) is 3. The van der Waals surface area contributed by atoms with Gasteiger partial charge in [0, 0.05) is 17.3 Å². The van der Waals surface area contributed by atoms with Crippen molar-refractivity contribution in [2.75, 3.05) is 0 Å². The van der Waals surface area contributed by atoms with E-state index in [0.29, 0.717) is 11.3 Å². The van der Waals surface area contributed by atoms with Gasteiger partial charge in [0.15, 0.2) is 0 Å². The van der Waals surface area contributed by atoms with Gasteiger partial charge in [-0.15, -0.1) is 0 Å². The summed E-state index contributed by atoms with van der Waals surface area (Å²) in [4.78, 5) is 28.1. The maximum Gasteiger partial charge on any atom is 0.330 e. The molecule has 1 aromatic carbocycles. The highest BCUT2D eigenvalue weighted by molar-refractivity contribution is 5.97. The van der Waals surface area contributed by atoms with Crippen LogP contribution in [0.25, 0.3) is 11.3 Å². The van der Waals surface area contributed by atoms with Crippen LogP contribution in [0.2, 0.25) is 0 Å². The molecule has 0 aliphatic carbocycles. The molecule has 0 radical (unpaired) electrons. The molecule has 130 valence electrons. The summed E-state index contributed by atoms with van der Waals surface area (Å²) in [5, 5.41) is 11.9. The third kappa shape index (κ3) is 5.57. The zero-order chi connectivity index (χ0) is 18.4. The van der Waals surface area contributed by atoms with Crippen LogP contribution >= 0.6 is 0 Å². The monoisotopic (exact) mass is 338 g/mol. The van der Waals surface area contributed by atoms with Crippen molar-refractivity contribution in [2.45, 2.75) is 26.8 Å². The molecule has 0 aliphatic heterocycles. The second kappa shape index (κ2) is 7.75. The smallest absolute Gasteiger partial charge is 0.330 e. The number of carboxylic acid groups (broad SMARTS) is 1. The van der Waals surface area contributed by atoms with Gasteiger partial charge in [-0.1, -0.05) is 63.3 Å². The Bertz CT molecular complexity index is 777. The van der Waals surface area contributed by atoms with Crippen molar-refractivity contribution in [3.05, 3.63) is 66.4 Å². The van der Waals surface area contributed by atoms with E-state index in [1.807, 2.05) is 51.1 Å². The lowest BCUT2D eigenvalue weighted by molar-refractivity contribution is -0.137. The summed E-state index contributed by atoms with van der Waals surface area (Å²) in [5.41, 5.74) is 1.74. The van der Waals surface area contributed by atoms with Crippen molar-refractivity contribution in [2.24, 2.45) is 5.41 Å². The molecule has 1 amide bonds. The quantitative estimate of drug-likeness (QED) is 0.817. The second-order valence-corrected chi connectivity index (χ2v) is 6.81. The van der Waals surface area contributed by atoms with Crippen molar-refractivity contribution in [3.63, 3.8) is 0 Å². The number of aliphatic carboxylic acids is 1. The number of amides is 1. The first-order valence-corrected chi connectivity index (χ1v) is 8.01. The SMILES string of the molecule is CC(C)(C)/C=C/C(NC(=O)c1ccnc(-c2ccccc2)c1)C(=O)O. The molecule has 0 saturated carbocycles. The molecule has 0 saturated heterocycles. The lowest BCUT2D eigenvalue weighted by atomic mass is 9.95. The second-order valence-electron chi connectivity index (χ2n) is 6.81. The number of pyridine rings is 1. The fraction of sp³-hybridized carbons (Fsp3) is 0.250. The number of nitrogens with zero attached hydrogens (tertiary/aromatic N) is 1. The highest BCUT2D eigenvalue weighted by Crippen LogP contribution is 2.18. The van der Waals surface area contributed by atoms with E-state index >= 15 is 0 Å². The molecule has 0 fully saturated rings. The maximum atomic E-state index is 12.4. The zero-order valence-corrected chi connectivity index (χ0v) is 14.6. The predicted molar refractivity (Wildman–Crippen MR) is 97.2 cm³/mol. The van der Waals surface area contributed by atoms with Gasteiger partial charge in [-0.25, -0.2) is 4.79 Å². The van der Waals surface area contributed by atoms with Crippen LogP contribution < -0.4 is 5.32 Å². The van der Waals surface area contributed by atoms with Crippen LogP contribution in [0.3, 0.4) is 0 Å². The molecule has 0 spiro atoms. The van der Waals surface area contributed by atoms with E-state index < -0.39 is 17.9 Å². The molecule has 2 aromatic rings. The third-order valence-electron chi connectivity index (χ3n) is 3.43. The molecule has 2 rings (SSSR count). The minimum atomic E-state index is -1.11. The van der Waals surface area contributed by atoms with E-state index in [4.69, 9.17) is 0 Å². The molecular formula is C20H22N2O3. The molecule has 5 heteroatoms. The Kier molecular flexibility index (Phi) is 5.70. The van der Waals surface area contributed by atoms with Gasteiger partial charge in [0.2, 0.25) is 0 Å². The normalized spacial score (nSPS) is 12.8. The Balaban J connectivity index is 2.19. The van der Waals surface area contributed by atoms with Crippen LogP contribution in [-0.4, -0.2) is 28.0 Å². The number of hydrogen-bond donors (Lipinski definition) is 2. The fourth-order valence-electron chi connectivity index (χ4n) is 2.14. The van der Waals surface area contributed by atoms with Crippen LogP contribution in [0, 0.1) is 5.41 Å². The summed E-state index contributed by atoms with van der Waals surface area (Å²) in [6, 6.07) is 11.6. The summed E-state index contributed by atoms with van der Waals surface area (Å²) < 4.78 is 0. The number of allylic oxidation sites excluding steroid dienone is 1. The molecule has 2 N–H and O–H groups in total. The number of nitrogens with one attached hydrogen (secondary N) is 1. The average molecular weight is 338 g/mol. The van der Waals surface area contributed by atoms with Crippen LogP contribution in [0.4, 0.5) is 0 Å². The molecule has 0 bridgehead atoms. The Morgan fingerprint density at radius 2 is 1.84 bits per heavy atom. The number of rotatable bonds is 5. The summed E-state index contributed by atoms with van der Waals surface area (Å²) in [7, 11) is 0. The molecule has 1 atom stereocenters. The standard InChI is InChI=1S/C20H22N2O3/c1-20(2,3)11-9-16(19(24)25)22-18(23)15-10-12-21-17(13-15)14-7-5-4-6-8-14/h4-13,16H,1-3H3,(H,22,23)(H,24,25)/b11-9+. The van der Waals surface area contributed by atoms with Gasteiger partial charge in [-0.05, 0) is 17.5 Å². The summed E-state index contributed by atoms with van der Waals surface area (Å²) in [6.45, 7) is 5.87. The Morgan fingerprint density at radius 3 is 2.44 bits per heavy atom. The predicted octanol–water partition coefficient (Wildman–Crippen LogP) is 3.53. The minimum absolute atomic E-state index is 0.171. The molecule has 0 aliphatic rings. The largest absolute Gasteiger partial charge is 0.479 e. The van der Waals surface area contributed by atoms with Gasteiger partial charge in [0.05, 0.1) is 5.69 Å². The zero-order valence-electron chi connectivity index (χ0n) is 14.6. The van der Waals surface area contributed by atoms with E-state index in [2.05, 4.69) is 10.3 Å². The topological polar surface area (TPSA) is 79.3 Å². The van der Waals surface area contributed by atoms with E-state index in [9.17, 15) is 14.7 Å². The first-order chi connectivity index (χ1) is 11.8. The van der Waals surface area contributed by atoms with E-state index in [1.165, 1.54) is 12.3 Å². The van der Waals surface area contributed by atoms with Gasteiger partial charge >= 0.3 is 5.97 Å². The van der Waals surface area contributed by atoms with Crippen LogP contribution in [0.1, 0.15) is 31.1 Å². The summed E-state index contributed by atoms with van der Waals surface area (Å²) in [5.74, 6) is -1.56. The van der Waals surface area contributed by atoms with Gasteiger partial charge in [0.25, 0.3) is 5.91 Å². The maximum absolute atomic E-state index is 12.4. The summed E-state index contributed by atoms with van der Waals surface area (Å²) in [6.07, 6.45) is 4.81. The van der Waals surface area contributed by atoms with Gasteiger partial charge in [-0.3, -0.25) is 9.78 Å². The van der Waals surface area contributed by atoms with Crippen molar-refractivity contribution >= 4 is 11.9 Å². The number of benzene rings is 1. The van der Waals surface area contributed by atoms with Crippen LogP contribution in [0.5, 0.6) is 0 Å². The number of aromatic nitrogens is 1. The highest BCUT2D eigenvalue weighted by atomic mass is 16.4. The number of carbonyl (C=O) groups is 2. The Morgan fingerprint density at radius 1 is 1.16 bits per heavy atom. The van der Waals surface area contributed by atoms with E-state index in [0.717, 1.165) is 5.56 Å². The molecule has 1 aromatic heterocycles. The van der Waals surface area contributed by atoms with Gasteiger partial charge in [0.1, 0.15) is 6.04 Å². The lowest BCUT2D eigenvalue weighted by Crippen LogP contribution is -2.39. The van der Waals surface area contributed by atoms with Crippen molar-refractivity contribution < 1.29 is 14.7 Å². The fourth-order valence-corrected chi connectivity index (χ4v) is 2.14.